The maximum absolute atomic E-state index is 12.2. The van der Waals surface area contributed by atoms with Crippen molar-refractivity contribution in [3.63, 3.8) is 0 Å². The summed E-state index contributed by atoms with van der Waals surface area (Å²) in [6, 6.07) is 9.83. The summed E-state index contributed by atoms with van der Waals surface area (Å²) < 4.78 is 3.39. The van der Waals surface area contributed by atoms with Gasteiger partial charge in [0.1, 0.15) is 6.61 Å². The molecule has 7 heteroatoms. The number of carbonyl (C=O) groups is 1. The van der Waals surface area contributed by atoms with Crippen LogP contribution in [0.25, 0.3) is 11.1 Å². The molecule has 0 radical (unpaired) electrons. The molecule has 0 spiro atoms. The van der Waals surface area contributed by atoms with Gasteiger partial charge in [0.15, 0.2) is 0 Å². The van der Waals surface area contributed by atoms with Crippen molar-refractivity contribution in [2.75, 3.05) is 11.9 Å². The Morgan fingerprint density at radius 2 is 1.96 bits per heavy atom. The quantitative estimate of drug-likeness (QED) is 0.697. The van der Waals surface area contributed by atoms with E-state index in [1.165, 1.54) is 0 Å². The summed E-state index contributed by atoms with van der Waals surface area (Å²) in [5.41, 5.74) is 5.55. The number of halogens is 3. The number of benzene rings is 1. The number of anilines is 1. The van der Waals surface area contributed by atoms with Crippen LogP contribution in [-0.4, -0.2) is 21.5 Å². The fourth-order valence-corrected chi connectivity index (χ4v) is 3.26. The second kappa shape index (κ2) is 7.40. The first-order valence-corrected chi connectivity index (χ1v) is 9.07. The molecule has 1 amide bonds. The van der Waals surface area contributed by atoms with E-state index in [-0.39, 0.29) is 6.61 Å². The summed E-state index contributed by atoms with van der Waals surface area (Å²) in [5, 5.41) is 2.85. The molecule has 3 rings (SSSR count). The van der Waals surface area contributed by atoms with Crippen molar-refractivity contribution in [2.45, 2.75) is 30.0 Å². The summed E-state index contributed by atoms with van der Waals surface area (Å²) in [6.45, 7) is 1.62. The largest absolute Gasteiger partial charge is 0.445 e. The van der Waals surface area contributed by atoms with Crippen LogP contribution in [0.4, 0.5) is 10.5 Å². The average Bonchev–Trinajstić information content (AvgIpc) is 3.01. The maximum atomic E-state index is 12.2. The number of fused-ring (bicyclic) bond motifs is 1. The number of rotatable bonds is 3. The van der Waals surface area contributed by atoms with Crippen LogP contribution in [0.15, 0.2) is 30.3 Å². The van der Waals surface area contributed by atoms with Crippen LogP contribution in [0.2, 0.25) is 0 Å². The smallest absolute Gasteiger partial charge is 0.411 e. The Balaban J connectivity index is 1.98. The number of ether oxygens (including phenoxy) is 1. The van der Waals surface area contributed by atoms with Crippen molar-refractivity contribution in [3.05, 3.63) is 47.3 Å². The van der Waals surface area contributed by atoms with Gasteiger partial charge in [0.25, 0.3) is 0 Å². The van der Waals surface area contributed by atoms with Crippen LogP contribution in [-0.2, 0) is 17.6 Å². The van der Waals surface area contributed by atoms with E-state index in [2.05, 4.69) is 5.32 Å². The molecule has 132 valence electrons. The van der Waals surface area contributed by atoms with Gasteiger partial charge < -0.3 is 4.74 Å². The lowest BCUT2D eigenvalue weighted by molar-refractivity contribution is 0.164. The van der Waals surface area contributed by atoms with E-state index < -0.39 is 9.89 Å². The highest BCUT2D eigenvalue weighted by atomic mass is 35.6. The number of aromatic nitrogens is 1. The number of alkyl halides is 3. The summed E-state index contributed by atoms with van der Waals surface area (Å²) in [7, 11) is 0. The van der Waals surface area contributed by atoms with E-state index in [1.807, 2.05) is 37.3 Å². The van der Waals surface area contributed by atoms with Crippen LogP contribution in [0, 0.1) is 6.92 Å². The van der Waals surface area contributed by atoms with Gasteiger partial charge in [0, 0.05) is 17.0 Å². The predicted octanol–water partition coefficient (Wildman–Crippen LogP) is 5.46. The Bertz CT molecular complexity index is 789. The monoisotopic (exact) mass is 398 g/mol. The summed E-state index contributed by atoms with van der Waals surface area (Å²) in [6.07, 6.45) is 2.13. The normalized spacial score (nSPS) is 13.4. The molecule has 0 saturated carbocycles. The third-order valence-electron chi connectivity index (χ3n) is 4.06. The molecule has 1 aliphatic carbocycles. The molecule has 0 saturated heterocycles. The van der Waals surface area contributed by atoms with Crippen molar-refractivity contribution in [3.8, 4) is 11.1 Å². The summed E-state index contributed by atoms with van der Waals surface area (Å²) in [4.78, 5) is 17.0. The highest BCUT2D eigenvalue weighted by Gasteiger charge is 2.26. The highest BCUT2D eigenvalue weighted by Crippen LogP contribution is 2.38. The molecule has 0 atom stereocenters. The van der Waals surface area contributed by atoms with Gasteiger partial charge >= 0.3 is 6.09 Å². The molecular formula is C18H17Cl3N2O2. The number of amides is 1. The number of hydrogen-bond donors (Lipinski definition) is 1. The van der Waals surface area contributed by atoms with Crippen LogP contribution in [0.5, 0.6) is 0 Å². The molecule has 0 bridgehead atoms. The van der Waals surface area contributed by atoms with Crippen molar-refractivity contribution in [1.29, 1.82) is 0 Å². The van der Waals surface area contributed by atoms with E-state index in [1.54, 1.807) is 0 Å². The first kappa shape index (κ1) is 18.3. The number of hydrogen-bond acceptors (Lipinski definition) is 3. The molecular weight excluding hydrogens is 383 g/mol. The van der Waals surface area contributed by atoms with Gasteiger partial charge in [-0.15, -0.1) is 0 Å². The Morgan fingerprint density at radius 3 is 2.64 bits per heavy atom. The molecule has 0 unspecified atom stereocenters. The van der Waals surface area contributed by atoms with E-state index in [4.69, 9.17) is 44.5 Å². The van der Waals surface area contributed by atoms with Gasteiger partial charge in [-0.3, -0.25) is 10.3 Å². The number of aryl methyl sites for hydroxylation is 2. The highest BCUT2D eigenvalue weighted by molar-refractivity contribution is 6.67. The van der Waals surface area contributed by atoms with Gasteiger partial charge in [-0.25, -0.2) is 4.79 Å². The number of carbonyl (C=O) groups excluding carboxylic acids is 1. The number of nitrogens with one attached hydrogen (secondary N) is 1. The predicted molar refractivity (Wildman–Crippen MR) is 102 cm³/mol. The van der Waals surface area contributed by atoms with E-state index in [0.717, 1.165) is 53.0 Å². The van der Waals surface area contributed by atoms with Gasteiger partial charge in [-0.2, -0.15) is 0 Å². The Labute approximate surface area is 161 Å². The molecule has 1 aromatic heterocycles. The second-order valence-corrected chi connectivity index (χ2v) is 8.42. The molecule has 1 aliphatic rings. The van der Waals surface area contributed by atoms with Crippen LogP contribution >= 0.6 is 34.8 Å². The first-order valence-electron chi connectivity index (χ1n) is 7.93. The molecule has 25 heavy (non-hydrogen) atoms. The Morgan fingerprint density at radius 1 is 1.24 bits per heavy atom. The van der Waals surface area contributed by atoms with Crippen molar-refractivity contribution >= 4 is 46.6 Å². The first-order chi connectivity index (χ1) is 11.8. The number of pyridine rings is 1. The van der Waals surface area contributed by atoms with Crippen LogP contribution in [0.3, 0.4) is 0 Å². The topological polar surface area (TPSA) is 51.2 Å². The second-order valence-electron chi connectivity index (χ2n) is 5.91. The summed E-state index contributed by atoms with van der Waals surface area (Å²) in [5.74, 6) is 0. The lowest BCUT2D eigenvalue weighted by Crippen LogP contribution is -2.22. The van der Waals surface area contributed by atoms with E-state index in [0.29, 0.717) is 0 Å². The zero-order valence-corrected chi connectivity index (χ0v) is 15.9. The minimum Gasteiger partial charge on any atom is -0.445 e. The third kappa shape index (κ3) is 4.38. The van der Waals surface area contributed by atoms with Crippen molar-refractivity contribution in [2.24, 2.45) is 0 Å². The van der Waals surface area contributed by atoms with Crippen LogP contribution < -0.4 is 5.32 Å². The zero-order chi connectivity index (χ0) is 18.0. The Kier molecular flexibility index (Phi) is 5.42. The fraction of sp³-hybridized carbons (Fsp3) is 0.333. The van der Waals surface area contributed by atoms with Crippen molar-refractivity contribution < 1.29 is 9.53 Å². The number of nitrogens with zero attached hydrogens (tertiary/aromatic N) is 1. The van der Waals surface area contributed by atoms with Crippen LogP contribution in [0.1, 0.15) is 23.4 Å². The molecule has 1 heterocycles. The van der Waals surface area contributed by atoms with E-state index >= 15 is 0 Å². The molecule has 4 nitrogen and oxygen atoms in total. The van der Waals surface area contributed by atoms with Gasteiger partial charge in [0.05, 0.1) is 5.69 Å². The zero-order valence-electron chi connectivity index (χ0n) is 13.6. The third-order valence-corrected chi connectivity index (χ3v) is 4.39. The minimum atomic E-state index is -1.64. The van der Waals surface area contributed by atoms with Gasteiger partial charge in [-0.05, 0) is 37.3 Å². The van der Waals surface area contributed by atoms with Crippen molar-refractivity contribution in [1.82, 2.24) is 4.98 Å². The lowest BCUT2D eigenvalue weighted by atomic mass is 9.98. The molecule has 0 fully saturated rings. The maximum Gasteiger partial charge on any atom is 0.411 e. The van der Waals surface area contributed by atoms with Gasteiger partial charge in [-0.1, -0.05) is 65.1 Å². The van der Waals surface area contributed by atoms with E-state index in [9.17, 15) is 4.79 Å². The van der Waals surface area contributed by atoms with Gasteiger partial charge in [0.2, 0.25) is 3.79 Å². The fourth-order valence-electron chi connectivity index (χ4n) is 3.09. The SMILES string of the molecule is Cc1nc2c(c(NC(=O)OCC(Cl)(Cl)Cl)c1-c1ccccc1)CCC2. The molecule has 0 aliphatic heterocycles. The summed E-state index contributed by atoms with van der Waals surface area (Å²) >= 11 is 16.9. The minimum absolute atomic E-state index is 0.323. The lowest BCUT2D eigenvalue weighted by Gasteiger charge is -2.19. The molecule has 1 N–H and O–H groups in total. The molecule has 2 aromatic rings. The average molecular weight is 400 g/mol. The standard InChI is InChI=1S/C18H17Cl3N2O2/c1-11-15(12-6-3-2-4-7-12)16(13-8-5-9-14(13)22-11)23-17(24)25-10-18(19,20)21/h2-4,6-7H,5,8-10H2,1H3,(H,22,23,24). The molecule has 1 aromatic carbocycles. The Hall–Kier alpha value is -1.49.